The average Bonchev–Trinajstić information content (AvgIpc) is 3.45. The predicted molar refractivity (Wildman–Crippen MR) is 117 cm³/mol. The molecule has 0 spiro atoms. The van der Waals surface area contributed by atoms with Gasteiger partial charge in [0.1, 0.15) is 0 Å². The number of benzene rings is 2. The topological polar surface area (TPSA) is 179 Å². The van der Waals surface area contributed by atoms with E-state index in [0.717, 1.165) is 5.69 Å². The highest BCUT2D eigenvalue weighted by atomic mass is 16.6. The number of aromatic nitrogens is 5. The SMILES string of the molecule is COc1cccc(/C=N/NC(=O)c2nnn(-c3nonc3N)c2CNc2ccccc2)c1O. The first-order chi connectivity index (χ1) is 16.1. The summed E-state index contributed by atoms with van der Waals surface area (Å²) in [6.07, 6.45) is 1.28. The number of anilines is 2. The van der Waals surface area contributed by atoms with E-state index in [1.54, 1.807) is 18.2 Å². The summed E-state index contributed by atoms with van der Waals surface area (Å²) in [4.78, 5) is 12.8. The lowest BCUT2D eigenvalue weighted by atomic mass is 10.2. The number of rotatable bonds is 8. The molecule has 0 saturated carbocycles. The third kappa shape index (κ3) is 4.56. The predicted octanol–water partition coefficient (Wildman–Crippen LogP) is 1.32. The Hall–Kier alpha value is -4.94. The number of nitrogen functional groups attached to an aromatic ring is 1. The number of ether oxygens (including phenoxy) is 1. The molecule has 168 valence electrons. The monoisotopic (exact) mass is 449 g/mol. The highest BCUT2D eigenvalue weighted by Crippen LogP contribution is 2.28. The lowest BCUT2D eigenvalue weighted by molar-refractivity contribution is 0.0949. The Morgan fingerprint density at radius 1 is 1.24 bits per heavy atom. The van der Waals surface area contributed by atoms with Crippen molar-refractivity contribution in [3.05, 3.63) is 65.5 Å². The van der Waals surface area contributed by atoms with Gasteiger partial charge < -0.3 is 20.9 Å². The van der Waals surface area contributed by atoms with Crippen LogP contribution in [-0.2, 0) is 6.54 Å². The van der Waals surface area contributed by atoms with Gasteiger partial charge in [0.15, 0.2) is 17.2 Å². The Morgan fingerprint density at radius 3 is 2.79 bits per heavy atom. The minimum Gasteiger partial charge on any atom is -0.504 e. The number of phenolic OH excluding ortho intramolecular Hbond substituents is 1. The van der Waals surface area contributed by atoms with E-state index in [-0.39, 0.29) is 35.4 Å². The summed E-state index contributed by atoms with van der Waals surface area (Å²) in [7, 11) is 1.43. The van der Waals surface area contributed by atoms with Crippen LogP contribution < -0.4 is 21.2 Å². The van der Waals surface area contributed by atoms with Crippen molar-refractivity contribution in [3.8, 4) is 17.3 Å². The van der Waals surface area contributed by atoms with E-state index in [1.165, 1.54) is 18.0 Å². The molecule has 13 nitrogen and oxygen atoms in total. The third-order valence-electron chi connectivity index (χ3n) is 4.53. The molecule has 0 radical (unpaired) electrons. The molecule has 0 aliphatic rings. The summed E-state index contributed by atoms with van der Waals surface area (Å²) in [6, 6.07) is 14.2. The van der Waals surface area contributed by atoms with Crippen LogP contribution in [0.2, 0.25) is 0 Å². The summed E-state index contributed by atoms with van der Waals surface area (Å²) >= 11 is 0. The first-order valence-electron chi connectivity index (χ1n) is 9.59. The summed E-state index contributed by atoms with van der Waals surface area (Å²) in [6.45, 7) is 0.159. The first-order valence-corrected chi connectivity index (χ1v) is 9.59. The fraction of sp³-hybridized carbons (Fsp3) is 0.100. The third-order valence-corrected chi connectivity index (χ3v) is 4.53. The number of hydrazone groups is 1. The van der Waals surface area contributed by atoms with E-state index in [4.69, 9.17) is 10.5 Å². The minimum atomic E-state index is -0.639. The fourth-order valence-electron chi connectivity index (χ4n) is 2.91. The number of phenols is 1. The van der Waals surface area contributed by atoms with Gasteiger partial charge in [-0.2, -0.15) is 9.78 Å². The second kappa shape index (κ2) is 9.47. The van der Waals surface area contributed by atoms with E-state index in [1.807, 2.05) is 30.3 Å². The molecule has 0 unspecified atom stereocenters. The van der Waals surface area contributed by atoms with Crippen LogP contribution in [0.1, 0.15) is 21.7 Å². The van der Waals surface area contributed by atoms with Crippen LogP contribution in [0, 0.1) is 0 Å². The second-order valence-electron chi connectivity index (χ2n) is 6.59. The molecule has 0 aliphatic heterocycles. The van der Waals surface area contributed by atoms with E-state index in [9.17, 15) is 9.90 Å². The van der Waals surface area contributed by atoms with Crippen molar-refractivity contribution < 1.29 is 19.3 Å². The van der Waals surface area contributed by atoms with Gasteiger partial charge in [0.2, 0.25) is 11.6 Å². The lowest BCUT2D eigenvalue weighted by Gasteiger charge is -2.08. The van der Waals surface area contributed by atoms with Crippen LogP contribution in [0.3, 0.4) is 0 Å². The molecule has 0 bridgehead atoms. The Bertz CT molecular complexity index is 1280. The van der Waals surface area contributed by atoms with E-state index in [0.29, 0.717) is 11.3 Å². The number of aromatic hydroxyl groups is 1. The van der Waals surface area contributed by atoms with Crippen LogP contribution in [0.4, 0.5) is 11.5 Å². The standard InChI is InChI=1S/C20H19N9O4/c1-32-15-9-5-6-12(17(15)30)10-23-25-20(31)16-14(11-22-13-7-3-2-4-8-13)29(28-24-16)19-18(21)26-33-27-19/h2-10,22,30H,11H2,1H3,(H2,21,26)(H,25,31)/b23-10+. The Kier molecular flexibility index (Phi) is 6.11. The first kappa shape index (κ1) is 21.3. The van der Waals surface area contributed by atoms with E-state index in [2.05, 4.69) is 41.1 Å². The number of nitrogens with two attached hydrogens (primary N) is 1. The summed E-state index contributed by atoms with van der Waals surface area (Å²) in [5, 5.41) is 32.4. The molecular weight excluding hydrogens is 430 g/mol. The van der Waals surface area contributed by atoms with Crippen LogP contribution in [0.15, 0.2) is 58.3 Å². The normalized spacial score (nSPS) is 10.9. The van der Waals surface area contributed by atoms with E-state index >= 15 is 0 Å². The molecule has 13 heteroatoms. The molecule has 2 aromatic carbocycles. The smallest absolute Gasteiger partial charge is 0.293 e. The van der Waals surface area contributed by atoms with Crippen molar-refractivity contribution >= 4 is 23.6 Å². The van der Waals surface area contributed by atoms with Crippen LogP contribution >= 0.6 is 0 Å². The number of hydrogen-bond acceptors (Lipinski definition) is 11. The van der Waals surface area contributed by atoms with Crippen molar-refractivity contribution in [2.24, 2.45) is 5.10 Å². The van der Waals surface area contributed by atoms with Gasteiger partial charge >= 0.3 is 0 Å². The maximum absolute atomic E-state index is 12.8. The minimum absolute atomic E-state index is 0.0145. The van der Waals surface area contributed by atoms with Crippen LogP contribution in [0.5, 0.6) is 11.5 Å². The highest BCUT2D eigenvalue weighted by Gasteiger charge is 2.23. The van der Waals surface area contributed by atoms with Crippen molar-refractivity contribution in [2.45, 2.75) is 6.54 Å². The average molecular weight is 449 g/mol. The molecule has 0 aliphatic carbocycles. The molecule has 1 amide bonds. The number of carbonyl (C=O) groups excluding carboxylic acids is 1. The van der Waals surface area contributed by atoms with Crippen molar-refractivity contribution in [1.82, 2.24) is 30.7 Å². The summed E-state index contributed by atoms with van der Waals surface area (Å²) in [5.41, 5.74) is 9.64. The number of para-hydroxylation sites is 2. The Morgan fingerprint density at radius 2 is 2.06 bits per heavy atom. The molecule has 0 fully saturated rings. The quantitative estimate of drug-likeness (QED) is 0.226. The van der Waals surface area contributed by atoms with Crippen LogP contribution in [-0.4, -0.2) is 49.6 Å². The number of nitrogens with one attached hydrogen (secondary N) is 2. The number of nitrogens with zero attached hydrogens (tertiary/aromatic N) is 6. The fourth-order valence-corrected chi connectivity index (χ4v) is 2.91. The molecule has 0 atom stereocenters. The van der Waals surface area contributed by atoms with Crippen molar-refractivity contribution in [2.75, 3.05) is 18.2 Å². The Labute approximate surface area is 186 Å². The molecule has 33 heavy (non-hydrogen) atoms. The van der Waals surface area contributed by atoms with Crippen molar-refractivity contribution in [3.63, 3.8) is 0 Å². The van der Waals surface area contributed by atoms with Crippen LogP contribution in [0.25, 0.3) is 5.82 Å². The largest absolute Gasteiger partial charge is 0.504 e. The number of methoxy groups -OCH3 is 1. The maximum atomic E-state index is 12.8. The molecule has 0 saturated heterocycles. The summed E-state index contributed by atoms with van der Waals surface area (Å²) in [5.74, 6) is -0.387. The van der Waals surface area contributed by atoms with Gasteiger partial charge in [-0.25, -0.2) is 10.1 Å². The number of carbonyl (C=O) groups is 1. The van der Waals surface area contributed by atoms with E-state index < -0.39 is 5.91 Å². The van der Waals surface area contributed by atoms with Crippen molar-refractivity contribution in [1.29, 1.82) is 0 Å². The van der Waals surface area contributed by atoms with Gasteiger partial charge in [-0.05, 0) is 34.6 Å². The lowest BCUT2D eigenvalue weighted by Crippen LogP contribution is -2.21. The highest BCUT2D eigenvalue weighted by molar-refractivity contribution is 5.94. The summed E-state index contributed by atoms with van der Waals surface area (Å²) < 4.78 is 11.0. The molecule has 2 aromatic heterocycles. The van der Waals surface area contributed by atoms with Gasteiger partial charge in [-0.1, -0.05) is 29.5 Å². The maximum Gasteiger partial charge on any atom is 0.293 e. The van der Waals surface area contributed by atoms with Gasteiger partial charge in [-0.15, -0.1) is 5.10 Å². The number of amides is 1. The second-order valence-corrected chi connectivity index (χ2v) is 6.59. The Balaban J connectivity index is 1.58. The van der Waals surface area contributed by atoms with Gasteiger partial charge in [-0.3, -0.25) is 4.79 Å². The zero-order valence-corrected chi connectivity index (χ0v) is 17.3. The van der Waals surface area contributed by atoms with Gasteiger partial charge in [0.05, 0.1) is 25.6 Å². The van der Waals surface area contributed by atoms with Gasteiger partial charge in [0, 0.05) is 11.3 Å². The zero-order chi connectivity index (χ0) is 23.2. The molecule has 5 N–H and O–H groups in total. The molecule has 2 heterocycles. The number of hydrogen-bond donors (Lipinski definition) is 4. The zero-order valence-electron chi connectivity index (χ0n) is 17.3. The molecule has 4 aromatic rings. The van der Waals surface area contributed by atoms with Gasteiger partial charge in [0.25, 0.3) is 5.91 Å². The molecule has 4 rings (SSSR count). The molecular formula is C20H19N9O4.